The standard InChI is InChI=1S/C30H36N4O7S/c1-4-6-19-31-30(36)28(5-2)32(21-23-11-10-12-26(20-23)41-3)29(35)22-33(24-15-17-25(18-16-24)34(37)38)42(39,40)27-13-8-7-9-14-27/h7-18,20,28H,4-6,19,21-22H2,1-3H3,(H,31,36). The van der Waals surface area contributed by atoms with Gasteiger partial charge >= 0.3 is 0 Å². The summed E-state index contributed by atoms with van der Waals surface area (Å²) in [7, 11) is -2.75. The Morgan fingerprint density at radius 1 is 1.00 bits per heavy atom. The van der Waals surface area contributed by atoms with Crippen LogP contribution in [0.2, 0.25) is 0 Å². The molecule has 0 saturated carbocycles. The van der Waals surface area contributed by atoms with Crippen molar-refractivity contribution in [3.05, 3.63) is 94.5 Å². The number of carbonyl (C=O) groups excluding carboxylic acids is 2. The molecule has 0 bridgehead atoms. The lowest BCUT2D eigenvalue weighted by atomic mass is 10.1. The number of sulfonamides is 1. The first-order valence-corrected chi connectivity index (χ1v) is 15.1. The van der Waals surface area contributed by atoms with Crippen molar-refractivity contribution >= 4 is 33.2 Å². The maximum atomic E-state index is 14.1. The van der Waals surface area contributed by atoms with E-state index in [1.807, 2.05) is 6.92 Å². The molecule has 0 heterocycles. The van der Waals surface area contributed by atoms with Gasteiger partial charge in [0, 0.05) is 25.2 Å². The molecule has 0 saturated heterocycles. The van der Waals surface area contributed by atoms with Crippen molar-refractivity contribution in [1.29, 1.82) is 0 Å². The topological polar surface area (TPSA) is 139 Å². The number of nitrogens with zero attached hydrogens (tertiary/aromatic N) is 3. The van der Waals surface area contributed by atoms with Crippen LogP contribution in [-0.4, -0.2) is 56.3 Å². The number of nitro groups is 1. The summed E-state index contributed by atoms with van der Waals surface area (Å²) in [6.07, 6.45) is 1.94. The second-order valence-electron chi connectivity index (χ2n) is 9.54. The molecule has 12 heteroatoms. The lowest BCUT2D eigenvalue weighted by Gasteiger charge is -2.33. The second-order valence-corrected chi connectivity index (χ2v) is 11.4. The number of ether oxygens (including phenoxy) is 1. The summed E-state index contributed by atoms with van der Waals surface area (Å²) in [5, 5.41) is 14.1. The Hall–Kier alpha value is -4.45. The number of anilines is 1. The van der Waals surface area contributed by atoms with Crippen LogP contribution in [0.5, 0.6) is 5.75 Å². The predicted molar refractivity (Wildman–Crippen MR) is 160 cm³/mol. The number of amides is 2. The van der Waals surface area contributed by atoms with E-state index in [4.69, 9.17) is 4.74 Å². The quantitative estimate of drug-likeness (QED) is 0.155. The van der Waals surface area contributed by atoms with Crippen molar-refractivity contribution in [3.8, 4) is 5.75 Å². The minimum atomic E-state index is -4.27. The third-order valence-corrected chi connectivity index (χ3v) is 8.45. The number of methoxy groups -OCH3 is 1. The van der Waals surface area contributed by atoms with Gasteiger partial charge in [0.05, 0.1) is 22.6 Å². The maximum absolute atomic E-state index is 14.1. The zero-order valence-electron chi connectivity index (χ0n) is 23.9. The van der Waals surface area contributed by atoms with Gasteiger partial charge in [0.15, 0.2) is 0 Å². The zero-order chi connectivity index (χ0) is 30.7. The molecule has 2 amide bonds. The van der Waals surface area contributed by atoms with Gasteiger partial charge in [-0.3, -0.25) is 24.0 Å². The van der Waals surface area contributed by atoms with Gasteiger partial charge in [0.1, 0.15) is 18.3 Å². The normalized spacial score (nSPS) is 11.8. The Bertz CT molecular complexity index is 1460. The fourth-order valence-electron chi connectivity index (χ4n) is 4.38. The van der Waals surface area contributed by atoms with Crippen molar-refractivity contribution in [2.75, 3.05) is 24.5 Å². The molecule has 224 valence electrons. The van der Waals surface area contributed by atoms with E-state index in [0.29, 0.717) is 17.9 Å². The first kappa shape index (κ1) is 32.1. The number of benzene rings is 3. The molecule has 3 aromatic rings. The molecule has 0 aromatic heterocycles. The number of nitro benzene ring substituents is 1. The lowest BCUT2D eigenvalue weighted by Crippen LogP contribution is -2.52. The van der Waals surface area contributed by atoms with E-state index in [-0.39, 0.29) is 35.1 Å². The number of hydrogen-bond donors (Lipinski definition) is 1. The molecule has 1 unspecified atom stereocenters. The summed E-state index contributed by atoms with van der Waals surface area (Å²) in [5.74, 6) is -0.386. The van der Waals surface area contributed by atoms with Crippen LogP contribution >= 0.6 is 0 Å². The number of carbonyl (C=O) groups is 2. The van der Waals surface area contributed by atoms with Gasteiger partial charge in [-0.15, -0.1) is 0 Å². The SMILES string of the molecule is CCCCNC(=O)C(CC)N(Cc1cccc(OC)c1)C(=O)CN(c1ccc([N+](=O)[O-])cc1)S(=O)(=O)c1ccccc1. The summed E-state index contributed by atoms with van der Waals surface area (Å²) in [5.41, 5.74) is 0.534. The molecule has 3 aromatic carbocycles. The van der Waals surface area contributed by atoms with Gasteiger partial charge in [0.2, 0.25) is 11.8 Å². The first-order valence-electron chi connectivity index (χ1n) is 13.6. The molecule has 0 radical (unpaired) electrons. The summed E-state index contributed by atoms with van der Waals surface area (Å²) < 4.78 is 33.9. The largest absolute Gasteiger partial charge is 0.497 e. The van der Waals surface area contributed by atoms with E-state index in [1.165, 1.54) is 48.4 Å². The maximum Gasteiger partial charge on any atom is 0.269 e. The number of nitrogens with one attached hydrogen (secondary N) is 1. The first-order chi connectivity index (χ1) is 20.1. The molecule has 11 nitrogen and oxygen atoms in total. The highest BCUT2D eigenvalue weighted by atomic mass is 32.2. The van der Waals surface area contributed by atoms with E-state index in [2.05, 4.69) is 5.32 Å². The van der Waals surface area contributed by atoms with Crippen LogP contribution < -0.4 is 14.4 Å². The van der Waals surface area contributed by atoms with E-state index >= 15 is 0 Å². The van der Waals surface area contributed by atoms with Crippen molar-refractivity contribution < 1.29 is 27.7 Å². The van der Waals surface area contributed by atoms with Gasteiger partial charge in [-0.1, -0.05) is 50.6 Å². The van der Waals surface area contributed by atoms with Crippen LogP contribution in [-0.2, 0) is 26.2 Å². The van der Waals surface area contributed by atoms with Crippen LogP contribution in [0.4, 0.5) is 11.4 Å². The number of unbranched alkanes of at least 4 members (excludes halogenated alkanes) is 1. The third-order valence-electron chi connectivity index (χ3n) is 6.66. The molecule has 0 spiro atoms. The Morgan fingerprint density at radius 3 is 2.29 bits per heavy atom. The highest BCUT2D eigenvalue weighted by Gasteiger charge is 2.33. The van der Waals surface area contributed by atoms with Crippen LogP contribution in [0.25, 0.3) is 0 Å². The Labute approximate surface area is 246 Å². The fraction of sp³-hybridized carbons (Fsp3) is 0.333. The van der Waals surface area contributed by atoms with Crippen molar-refractivity contribution in [2.45, 2.75) is 50.6 Å². The summed E-state index contributed by atoms with van der Waals surface area (Å²) in [4.78, 5) is 39.3. The molecule has 0 aliphatic carbocycles. The predicted octanol–water partition coefficient (Wildman–Crippen LogP) is 4.52. The molecule has 0 fully saturated rings. The van der Waals surface area contributed by atoms with Crippen molar-refractivity contribution in [3.63, 3.8) is 0 Å². The number of non-ortho nitro benzene ring substituents is 1. The van der Waals surface area contributed by atoms with Gasteiger partial charge in [-0.25, -0.2) is 8.42 Å². The van der Waals surface area contributed by atoms with Gasteiger partial charge < -0.3 is 15.0 Å². The van der Waals surface area contributed by atoms with Crippen molar-refractivity contribution in [2.24, 2.45) is 0 Å². The monoisotopic (exact) mass is 596 g/mol. The van der Waals surface area contributed by atoms with Crippen molar-refractivity contribution in [1.82, 2.24) is 10.2 Å². The molecular formula is C30H36N4O7S. The van der Waals surface area contributed by atoms with E-state index in [1.54, 1.807) is 49.4 Å². The third kappa shape index (κ3) is 8.06. The lowest BCUT2D eigenvalue weighted by molar-refractivity contribution is -0.384. The van der Waals surface area contributed by atoms with Crippen LogP contribution in [0.3, 0.4) is 0 Å². The van der Waals surface area contributed by atoms with E-state index in [9.17, 15) is 28.1 Å². The molecule has 1 N–H and O–H groups in total. The molecule has 3 rings (SSSR count). The summed E-state index contributed by atoms with van der Waals surface area (Å²) >= 11 is 0. The molecule has 1 atom stereocenters. The van der Waals surface area contributed by atoms with Crippen LogP contribution in [0, 0.1) is 10.1 Å². The van der Waals surface area contributed by atoms with E-state index < -0.39 is 33.4 Å². The van der Waals surface area contributed by atoms with Crippen LogP contribution in [0.1, 0.15) is 38.7 Å². The average Bonchev–Trinajstić information content (AvgIpc) is 3.00. The highest BCUT2D eigenvalue weighted by Crippen LogP contribution is 2.27. The van der Waals surface area contributed by atoms with Gasteiger partial charge in [0.25, 0.3) is 15.7 Å². The molecule has 0 aliphatic heterocycles. The van der Waals surface area contributed by atoms with E-state index in [0.717, 1.165) is 17.1 Å². The summed E-state index contributed by atoms with van der Waals surface area (Å²) in [6.45, 7) is 3.62. The van der Waals surface area contributed by atoms with Crippen LogP contribution in [0.15, 0.2) is 83.8 Å². The Kier molecular flexibility index (Phi) is 11.4. The molecular weight excluding hydrogens is 560 g/mol. The minimum absolute atomic E-state index is 0.0230. The van der Waals surface area contributed by atoms with Gasteiger partial charge in [-0.2, -0.15) is 0 Å². The second kappa shape index (κ2) is 15.0. The average molecular weight is 597 g/mol. The molecule has 0 aliphatic rings. The Balaban J connectivity index is 2.05. The highest BCUT2D eigenvalue weighted by molar-refractivity contribution is 7.92. The zero-order valence-corrected chi connectivity index (χ0v) is 24.7. The number of rotatable bonds is 15. The summed E-state index contributed by atoms with van der Waals surface area (Å²) in [6, 6.07) is 18.7. The Morgan fingerprint density at radius 2 is 1.69 bits per heavy atom. The fourth-order valence-corrected chi connectivity index (χ4v) is 5.82. The smallest absolute Gasteiger partial charge is 0.269 e. The minimum Gasteiger partial charge on any atom is -0.497 e. The molecule has 42 heavy (non-hydrogen) atoms. The van der Waals surface area contributed by atoms with Gasteiger partial charge in [-0.05, 0) is 54.8 Å². The number of hydrogen-bond acceptors (Lipinski definition) is 7.